The summed E-state index contributed by atoms with van der Waals surface area (Å²) in [5, 5.41) is 9.02. The molecule has 0 radical (unpaired) electrons. The number of aliphatic hydroxyl groups excluding tert-OH is 1. The molecular weight excluding hydrogens is 252 g/mol. The minimum Gasteiger partial charge on any atom is -0.488 e. The van der Waals surface area contributed by atoms with Gasteiger partial charge in [-0.1, -0.05) is 12.1 Å². The lowest BCUT2D eigenvalue weighted by Crippen LogP contribution is -2.28. The number of nitrogens with zero attached hydrogens (tertiary/aromatic N) is 1. The molecule has 1 aromatic rings. The molecule has 0 atom stereocenters. The summed E-state index contributed by atoms with van der Waals surface area (Å²) in [6.45, 7) is 1.04. The molecule has 1 saturated carbocycles. The van der Waals surface area contributed by atoms with Crippen molar-refractivity contribution in [2.45, 2.75) is 31.9 Å². The van der Waals surface area contributed by atoms with Crippen LogP contribution < -0.4 is 4.74 Å². The molecule has 0 bridgehead atoms. The van der Waals surface area contributed by atoms with Crippen molar-refractivity contribution in [2.24, 2.45) is 0 Å². The third-order valence-electron chi connectivity index (χ3n) is 3.14. The van der Waals surface area contributed by atoms with E-state index in [4.69, 9.17) is 9.84 Å². The van der Waals surface area contributed by atoms with Gasteiger partial charge in [-0.25, -0.2) is 8.78 Å². The van der Waals surface area contributed by atoms with Crippen molar-refractivity contribution in [3.8, 4) is 5.75 Å². The zero-order valence-corrected chi connectivity index (χ0v) is 10.8. The number of halogens is 2. The molecule has 19 heavy (non-hydrogen) atoms. The van der Waals surface area contributed by atoms with Crippen molar-refractivity contribution in [2.75, 3.05) is 19.8 Å². The van der Waals surface area contributed by atoms with E-state index in [0.717, 1.165) is 12.1 Å². The summed E-state index contributed by atoms with van der Waals surface area (Å²) in [6, 6.07) is 7.77. The van der Waals surface area contributed by atoms with E-state index in [1.807, 2.05) is 12.1 Å². The van der Waals surface area contributed by atoms with Crippen LogP contribution in [0.25, 0.3) is 0 Å². The molecule has 0 aromatic heterocycles. The highest BCUT2D eigenvalue weighted by atomic mass is 19.3. The van der Waals surface area contributed by atoms with Crippen LogP contribution in [0.3, 0.4) is 0 Å². The van der Waals surface area contributed by atoms with E-state index in [2.05, 4.69) is 4.90 Å². The second-order valence-corrected chi connectivity index (χ2v) is 4.77. The minimum absolute atomic E-state index is 0.159. The fraction of sp³-hybridized carbons (Fsp3) is 0.571. The number of rotatable bonds is 8. The van der Waals surface area contributed by atoms with Gasteiger partial charge in [0.1, 0.15) is 12.4 Å². The van der Waals surface area contributed by atoms with Crippen molar-refractivity contribution in [3.63, 3.8) is 0 Å². The van der Waals surface area contributed by atoms with E-state index < -0.39 is 13.0 Å². The van der Waals surface area contributed by atoms with Crippen LogP contribution in [-0.2, 0) is 6.54 Å². The largest absolute Gasteiger partial charge is 0.488 e. The SMILES string of the molecule is OCCN(Cc1ccc(OCC(F)F)cc1)C1CC1. The lowest BCUT2D eigenvalue weighted by Gasteiger charge is -2.20. The summed E-state index contributed by atoms with van der Waals surface area (Å²) in [7, 11) is 0. The maximum absolute atomic E-state index is 12.0. The Labute approximate surface area is 111 Å². The molecule has 0 amide bonds. The Morgan fingerprint density at radius 1 is 1.26 bits per heavy atom. The van der Waals surface area contributed by atoms with E-state index in [0.29, 0.717) is 18.3 Å². The standard InChI is InChI=1S/C14H19F2NO2/c15-14(16)10-19-13-5-1-11(2-6-13)9-17(7-8-18)12-3-4-12/h1-2,5-6,12,14,18H,3-4,7-10H2. The summed E-state index contributed by atoms with van der Waals surface area (Å²) in [5.41, 5.74) is 1.10. The summed E-state index contributed by atoms with van der Waals surface area (Å²) in [4.78, 5) is 2.25. The molecule has 0 aliphatic heterocycles. The number of alkyl halides is 2. The molecule has 1 aromatic carbocycles. The number of benzene rings is 1. The fourth-order valence-electron chi connectivity index (χ4n) is 2.04. The second-order valence-electron chi connectivity index (χ2n) is 4.77. The molecule has 0 heterocycles. The first-order chi connectivity index (χ1) is 9.19. The Bertz CT molecular complexity index is 380. The quantitative estimate of drug-likeness (QED) is 0.787. The van der Waals surface area contributed by atoms with Gasteiger partial charge in [0, 0.05) is 19.1 Å². The van der Waals surface area contributed by atoms with Gasteiger partial charge in [0.2, 0.25) is 0 Å². The van der Waals surface area contributed by atoms with Gasteiger partial charge in [-0.2, -0.15) is 0 Å². The lowest BCUT2D eigenvalue weighted by atomic mass is 10.2. The number of ether oxygens (including phenoxy) is 1. The highest BCUT2D eigenvalue weighted by Crippen LogP contribution is 2.28. The van der Waals surface area contributed by atoms with Crippen LogP contribution in [-0.4, -0.2) is 42.2 Å². The van der Waals surface area contributed by atoms with Crippen LogP contribution in [0.1, 0.15) is 18.4 Å². The Balaban J connectivity index is 1.86. The molecule has 0 spiro atoms. The van der Waals surface area contributed by atoms with Crippen molar-refractivity contribution in [3.05, 3.63) is 29.8 Å². The van der Waals surface area contributed by atoms with Crippen LogP contribution in [0, 0.1) is 0 Å². The van der Waals surface area contributed by atoms with Gasteiger partial charge in [0.15, 0.2) is 0 Å². The molecule has 106 valence electrons. The first-order valence-electron chi connectivity index (χ1n) is 6.54. The van der Waals surface area contributed by atoms with Gasteiger partial charge in [-0.3, -0.25) is 4.90 Å². The molecule has 1 aliphatic rings. The number of aliphatic hydroxyl groups is 1. The fourth-order valence-corrected chi connectivity index (χ4v) is 2.04. The van der Waals surface area contributed by atoms with Gasteiger partial charge in [0.05, 0.1) is 6.61 Å². The molecule has 3 nitrogen and oxygen atoms in total. The van der Waals surface area contributed by atoms with E-state index >= 15 is 0 Å². The van der Waals surface area contributed by atoms with E-state index in [1.165, 1.54) is 12.8 Å². The average molecular weight is 271 g/mol. The van der Waals surface area contributed by atoms with E-state index in [1.54, 1.807) is 12.1 Å². The second kappa shape index (κ2) is 6.82. The van der Waals surface area contributed by atoms with Gasteiger partial charge < -0.3 is 9.84 Å². The predicted octanol–water partition coefficient (Wildman–Crippen LogP) is 2.29. The normalized spacial score (nSPS) is 15.2. The monoisotopic (exact) mass is 271 g/mol. The molecule has 0 unspecified atom stereocenters. The van der Waals surface area contributed by atoms with Crippen molar-refractivity contribution >= 4 is 0 Å². The summed E-state index contributed by atoms with van der Waals surface area (Å²) < 4.78 is 28.9. The highest BCUT2D eigenvalue weighted by molar-refractivity contribution is 5.27. The van der Waals surface area contributed by atoms with Crippen molar-refractivity contribution < 1.29 is 18.6 Å². The number of hydrogen-bond donors (Lipinski definition) is 1. The molecule has 1 N–H and O–H groups in total. The first-order valence-corrected chi connectivity index (χ1v) is 6.54. The summed E-state index contributed by atoms with van der Waals surface area (Å²) >= 11 is 0. The van der Waals surface area contributed by atoms with E-state index in [-0.39, 0.29) is 6.61 Å². The van der Waals surface area contributed by atoms with E-state index in [9.17, 15) is 8.78 Å². The zero-order valence-electron chi connectivity index (χ0n) is 10.8. The Morgan fingerprint density at radius 2 is 1.95 bits per heavy atom. The third kappa shape index (κ3) is 4.76. The Morgan fingerprint density at radius 3 is 2.47 bits per heavy atom. The molecular formula is C14H19F2NO2. The van der Waals surface area contributed by atoms with Gasteiger partial charge in [-0.15, -0.1) is 0 Å². The van der Waals surface area contributed by atoms with Crippen LogP contribution >= 0.6 is 0 Å². The van der Waals surface area contributed by atoms with Crippen LogP contribution in [0.5, 0.6) is 5.75 Å². The Kier molecular flexibility index (Phi) is 5.10. The molecule has 0 saturated heterocycles. The lowest BCUT2D eigenvalue weighted by molar-refractivity contribution is 0.0819. The summed E-state index contributed by atoms with van der Waals surface area (Å²) in [5.74, 6) is 0.462. The average Bonchev–Trinajstić information content (AvgIpc) is 3.21. The first kappa shape index (κ1) is 14.2. The third-order valence-corrected chi connectivity index (χ3v) is 3.14. The maximum Gasteiger partial charge on any atom is 0.272 e. The van der Waals surface area contributed by atoms with Gasteiger partial charge in [0.25, 0.3) is 6.43 Å². The highest BCUT2D eigenvalue weighted by Gasteiger charge is 2.28. The van der Waals surface area contributed by atoms with Crippen LogP contribution in [0.15, 0.2) is 24.3 Å². The smallest absolute Gasteiger partial charge is 0.272 e. The number of hydrogen-bond acceptors (Lipinski definition) is 3. The van der Waals surface area contributed by atoms with Crippen LogP contribution in [0.4, 0.5) is 8.78 Å². The molecule has 5 heteroatoms. The topological polar surface area (TPSA) is 32.7 Å². The Hall–Kier alpha value is -1.20. The molecule has 1 aliphatic carbocycles. The summed E-state index contributed by atoms with van der Waals surface area (Å²) in [6.07, 6.45) is -0.0693. The van der Waals surface area contributed by atoms with Gasteiger partial charge in [-0.05, 0) is 30.5 Å². The zero-order chi connectivity index (χ0) is 13.7. The maximum atomic E-state index is 12.0. The van der Waals surface area contributed by atoms with Gasteiger partial charge >= 0.3 is 0 Å². The molecule has 2 rings (SSSR count). The van der Waals surface area contributed by atoms with Crippen molar-refractivity contribution in [1.29, 1.82) is 0 Å². The minimum atomic E-state index is -2.45. The molecule has 1 fully saturated rings. The predicted molar refractivity (Wildman–Crippen MR) is 68.5 cm³/mol. The van der Waals surface area contributed by atoms with Crippen molar-refractivity contribution in [1.82, 2.24) is 4.90 Å². The van der Waals surface area contributed by atoms with Crippen LogP contribution in [0.2, 0.25) is 0 Å².